The highest BCUT2D eigenvalue weighted by molar-refractivity contribution is 7.93. The smallest absolute Gasteiger partial charge is 0.235 e. The quantitative estimate of drug-likeness (QED) is 0.802. The van der Waals surface area contributed by atoms with Gasteiger partial charge in [-0.3, -0.25) is 4.72 Å². The molecule has 0 aliphatic carbocycles. The second-order valence-electron chi connectivity index (χ2n) is 3.64. The van der Waals surface area contributed by atoms with Crippen molar-refractivity contribution >= 4 is 32.9 Å². The first-order valence-corrected chi connectivity index (χ1v) is 6.70. The van der Waals surface area contributed by atoms with E-state index in [4.69, 9.17) is 18.0 Å². The molecule has 88 valence electrons. The molecular formula is C10H14N2O2S2. The minimum atomic E-state index is -3.30. The molecule has 0 aromatic heterocycles. The molecule has 6 heteroatoms. The van der Waals surface area contributed by atoms with Crippen molar-refractivity contribution in [2.45, 2.75) is 19.1 Å². The molecule has 0 unspecified atom stereocenters. The predicted octanol–water partition coefficient (Wildman–Crippen LogP) is 1.47. The van der Waals surface area contributed by atoms with Crippen LogP contribution in [0.5, 0.6) is 0 Å². The molecule has 0 fully saturated rings. The van der Waals surface area contributed by atoms with Gasteiger partial charge in [-0.15, -0.1) is 0 Å². The highest BCUT2D eigenvalue weighted by atomic mass is 32.2. The standard InChI is InChI=1S/C10H14N2O2S2/c1-7(2)16(13,14)12-9-5-3-8(4-6-9)10(11)15/h3-7,12H,1-2H3,(H2,11,15). The number of hydrogen-bond acceptors (Lipinski definition) is 3. The summed E-state index contributed by atoms with van der Waals surface area (Å²) in [5, 5.41) is -0.470. The van der Waals surface area contributed by atoms with Gasteiger partial charge in [0.1, 0.15) is 4.99 Å². The van der Waals surface area contributed by atoms with Gasteiger partial charge >= 0.3 is 0 Å². The van der Waals surface area contributed by atoms with Gasteiger partial charge in [0.05, 0.1) is 5.25 Å². The van der Waals surface area contributed by atoms with Gasteiger partial charge in [0.15, 0.2) is 0 Å². The van der Waals surface area contributed by atoms with Crippen LogP contribution in [0.1, 0.15) is 19.4 Å². The van der Waals surface area contributed by atoms with Gasteiger partial charge in [-0.1, -0.05) is 12.2 Å². The highest BCUT2D eigenvalue weighted by Gasteiger charge is 2.15. The first-order chi connectivity index (χ1) is 7.33. The molecule has 0 amide bonds. The Balaban J connectivity index is 2.89. The zero-order valence-corrected chi connectivity index (χ0v) is 10.7. The lowest BCUT2D eigenvalue weighted by atomic mass is 10.2. The Bertz CT molecular complexity index is 478. The predicted molar refractivity (Wildman–Crippen MR) is 70.0 cm³/mol. The maximum atomic E-state index is 11.6. The van der Waals surface area contributed by atoms with Crippen LogP contribution < -0.4 is 10.5 Å². The Morgan fingerprint density at radius 2 is 1.81 bits per heavy atom. The fourth-order valence-electron chi connectivity index (χ4n) is 0.985. The van der Waals surface area contributed by atoms with E-state index in [-0.39, 0.29) is 0 Å². The summed E-state index contributed by atoms with van der Waals surface area (Å²) in [7, 11) is -3.30. The van der Waals surface area contributed by atoms with E-state index in [0.717, 1.165) is 0 Å². The molecule has 4 nitrogen and oxygen atoms in total. The van der Waals surface area contributed by atoms with E-state index in [1.807, 2.05) is 0 Å². The highest BCUT2D eigenvalue weighted by Crippen LogP contribution is 2.13. The monoisotopic (exact) mass is 258 g/mol. The van der Waals surface area contributed by atoms with Crippen LogP contribution in [0, 0.1) is 0 Å². The normalized spacial score (nSPS) is 11.4. The zero-order valence-electron chi connectivity index (χ0n) is 9.10. The summed E-state index contributed by atoms with van der Waals surface area (Å²) < 4.78 is 25.6. The fourth-order valence-corrected chi connectivity index (χ4v) is 1.82. The van der Waals surface area contributed by atoms with Crippen molar-refractivity contribution in [3.05, 3.63) is 29.8 Å². The zero-order chi connectivity index (χ0) is 12.3. The number of thiocarbonyl (C=S) groups is 1. The molecule has 16 heavy (non-hydrogen) atoms. The van der Waals surface area contributed by atoms with Crippen LogP contribution in [0.25, 0.3) is 0 Å². The average molecular weight is 258 g/mol. The van der Waals surface area contributed by atoms with E-state index in [1.165, 1.54) is 0 Å². The number of anilines is 1. The van der Waals surface area contributed by atoms with Crippen molar-refractivity contribution in [2.24, 2.45) is 5.73 Å². The number of sulfonamides is 1. The second kappa shape index (κ2) is 4.80. The average Bonchev–Trinajstić information content (AvgIpc) is 2.17. The van der Waals surface area contributed by atoms with Crippen LogP contribution in [0.15, 0.2) is 24.3 Å². The Morgan fingerprint density at radius 1 is 1.31 bits per heavy atom. The van der Waals surface area contributed by atoms with Gasteiger partial charge in [0.25, 0.3) is 0 Å². The molecule has 0 atom stereocenters. The van der Waals surface area contributed by atoms with Crippen LogP contribution in [0.4, 0.5) is 5.69 Å². The van der Waals surface area contributed by atoms with Gasteiger partial charge in [0.2, 0.25) is 10.0 Å². The molecule has 0 aliphatic rings. The topological polar surface area (TPSA) is 72.2 Å². The molecule has 0 heterocycles. The summed E-state index contributed by atoms with van der Waals surface area (Å²) >= 11 is 4.80. The molecule has 0 aliphatic heterocycles. The van der Waals surface area contributed by atoms with E-state index in [1.54, 1.807) is 38.1 Å². The van der Waals surface area contributed by atoms with E-state index < -0.39 is 15.3 Å². The Morgan fingerprint density at radius 3 is 2.19 bits per heavy atom. The van der Waals surface area contributed by atoms with Gasteiger partial charge in [-0.25, -0.2) is 8.42 Å². The summed E-state index contributed by atoms with van der Waals surface area (Å²) in [4.78, 5) is 0.290. The molecular weight excluding hydrogens is 244 g/mol. The molecule has 0 spiro atoms. The minimum Gasteiger partial charge on any atom is -0.389 e. The first-order valence-electron chi connectivity index (χ1n) is 4.74. The molecule has 0 radical (unpaired) electrons. The largest absolute Gasteiger partial charge is 0.389 e. The van der Waals surface area contributed by atoms with Crippen molar-refractivity contribution in [2.75, 3.05) is 4.72 Å². The number of nitrogens with two attached hydrogens (primary N) is 1. The minimum absolute atomic E-state index is 0.290. The first kappa shape index (κ1) is 12.9. The lowest BCUT2D eigenvalue weighted by Gasteiger charge is -2.10. The number of benzene rings is 1. The molecule has 1 rings (SSSR count). The summed E-state index contributed by atoms with van der Waals surface area (Å²) in [6.45, 7) is 3.23. The van der Waals surface area contributed by atoms with Gasteiger partial charge in [-0.05, 0) is 38.1 Å². The Hall–Kier alpha value is -1.14. The van der Waals surface area contributed by atoms with Gasteiger partial charge < -0.3 is 5.73 Å². The Labute approximate surface area is 101 Å². The number of rotatable bonds is 4. The maximum absolute atomic E-state index is 11.6. The van der Waals surface area contributed by atoms with Crippen LogP contribution in [-0.2, 0) is 10.0 Å². The third kappa shape index (κ3) is 3.18. The van der Waals surface area contributed by atoms with E-state index in [0.29, 0.717) is 16.2 Å². The molecule has 1 aromatic carbocycles. The number of nitrogens with one attached hydrogen (secondary N) is 1. The molecule has 3 N–H and O–H groups in total. The van der Waals surface area contributed by atoms with E-state index in [9.17, 15) is 8.42 Å². The number of hydrogen-bond donors (Lipinski definition) is 2. The van der Waals surface area contributed by atoms with Crippen LogP contribution >= 0.6 is 12.2 Å². The SMILES string of the molecule is CC(C)S(=O)(=O)Nc1ccc(C(N)=S)cc1. The third-order valence-corrected chi connectivity index (χ3v) is 4.05. The summed E-state index contributed by atoms with van der Waals surface area (Å²) in [5.41, 5.74) is 6.65. The van der Waals surface area contributed by atoms with Crippen LogP contribution in [-0.4, -0.2) is 18.7 Å². The van der Waals surface area contributed by atoms with Crippen molar-refractivity contribution < 1.29 is 8.42 Å². The summed E-state index contributed by atoms with van der Waals surface area (Å²) in [6.07, 6.45) is 0. The van der Waals surface area contributed by atoms with Gasteiger partial charge in [0, 0.05) is 11.3 Å². The summed E-state index contributed by atoms with van der Waals surface area (Å²) in [5.74, 6) is 0. The fraction of sp³-hybridized carbons (Fsp3) is 0.300. The van der Waals surface area contributed by atoms with Gasteiger partial charge in [-0.2, -0.15) is 0 Å². The Kier molecular flexibility index (Phi) is 3.88. The van der Waals surface area contributed by atoms with Crippen molar-refractivity contribution in [3.63, 3.8) is 0 Å². The maximum Gasteiger partial charge on any atom is 0.235 e. The van der Waals surface area contributed by atoms with Crippen molar-refractivity contribution in [1.82, 2.24) is 0 Å². The molecule has 1 aromatic rings. The molecule has 0 saturated carbocycles. The van der Waals surface area contributed by atoms with Crippen LogP contribution in [0.2, 0.25) is 0 Å². The second-order valence-corrected chi connectivity index (χ2v) is 6.31. The lowest BCUT2D eigenvalue weighted by molar-refractivity contribution is 0.593. The van der Waals surface area contributed by atoms with Crippen LogP contribution in [0.3, 0.4) is 0 Å². The summed E-state index contributed by atoms with van der Waals surface area (Å²) in [6, 6.07) is 6.63. The molecule has 0 saturated heterocycles. The van der Waals surface area contributed by atoms with E-state index >= 15 is 0 Å². The lowest BCUT2D eigenvalue weighted by Crippen LogP contribution is -2.22. The van der Waals surface area contributed by atoms with Crippen molar-refractivity contribution in [1.29, 1.82) is 0 Å². The molecule has 0 bridgehead atoms. The van der Waals surface area contributed by atoms with Crippen molar-refractivity contribution in [3.8, 4) is 0 Å². The van der Waals surface area contributed by atoms with E-state index in [2.05, 4.69) is 4.72 Å². The third-order valence-electron chi connectivity index (χ3n) is 2.05.